The van der Waals surface area contributed by atoms with Crippen LogP contribution in [0.5, 0.6) is 0 Å². The molecule has 30 heavy (non-hydrogen) atoms. The quantitative estimate of drug-likeness (QED) is 0.434. The highest BCUT2D eigenvalue weighted by Gasteiger charge is 2.19. The van der Waals surface area contributed by atoms with Crippen LogP contribution in [0.2, 0.25) is 0 Å². The molecule has 5 nitrogen and oxygen atoms in total. The molecule has 0 aliphatic rings. The Morgan fingerprint density at radius 3 is 2.20 bits per heavy atom. The molecule has 0 aromatic heterocycles. The Bertz CT molecular complexity index is 1140. The summed E-state index contributed by atoms with van der Waals surface area (Å²) in [6.07, 6.45) is 1.06. The molecule has 0 saturated heterocycles. The topological polar surface area (TPSA) is 72.5 Å². The minimum atomic E-state index is -3.69. The third-order valence-corrected chi connectivity index (χ3v) is 4.95. The molecule has 0 aliphatic heterocycles. The minimum absolute atomic E-state index is 0.0554. The van der Waals surface area contributed by atoms with Crippen molar-refractivity contribution < 1.29 is 17.4 Å². The SMILES string of the molecule is C=C(Cc1cccc(-c2ccccc2)c1C(=O)NCc1ccccc1)OS(C)(=O)=O. The fourth-order valence-electron chi connectivity index (χ4n) is 3.20. The molecule has 0 aliphatic carbocycles. The second kappa shape index (κ2) is 9.41. The van der Waals surface area contributed by atoms with Crippen LogP contribution in [-0.4, -0.2) is 20.6 Å². The van der Waals surface area contributed by atoms with Gasteiger partial charge >= 0.3 is 10.1 Å². The number of allylic oxidation sites excluding steroid dienone is 1. The summed E-state index contributed by atoms with van der Waals surface area (Å²) < 4.78 is 27.8. The molecule has 0 heterocycles. The molecule has 0 spiro atoms. The van der Waals surface area contributed by atoms with E-state index in [1.54, 1.807) is 6.07 Å². The molecule has 3 rings (SSSR count). The van der Waals surface area contributed by atoms with E-state index in [0.29, 0.717) is 17.7 Å². The van der Waals surface area contributed by atoms with Crippen LogP contribution in [0.25, 0.3) is 11.1 Å². The first kappa shape index (κ1) is 21.3. The van der Waals surface area contributed by atoms with E-state index in [9.17, 15) is 13.2 Å². The highest BCUT2D eigenvalue weighted by Crippen LogP contribution is 2.28. The van der Waals surface area contributed by atoms with Crippen LogP contribution < -0.4 is 5.32 Å². The molecule has 0 bridgehead atoms. The zero-order valence-corrected chi connectivity index (χ0v) is 17.5. The summed E-state index contributed by atoms with van der Waals surface area (Å²) in [5.74, 6) is -0.194. The first-order valence-corrected chi connectivity index (χ1v) is 11.2. The van der Waals surface area contributed by atoms with Gasteiger partial charge in [0.1, 0.15) is 5.76 Å². The van der Waals surface area contributed by atoms with Gasteiger partial charge in [0.05, 0.1) is 11.8 Å². The third kappa shape index (κ3) is 5.81. The van der Waals surface area contributed by atoms with Gasteiger partial charge in [0, 0.05) is 13.0 Å². The van der Waals surface area contributed by atoms with Gasteiger partial charge in [-0.15, -0.1) is 0 Å². The van der Waals surface area contributed by atoms with Crippen molar-refractivity contribution in [2.45, 2.75) is 13.0 Å². The fraction of sp³-hybridized carbons (Fsp3) is 0.125. The highest BCUT2D eigenvalue weighted by molar-refractivity contribution is 7.86. The zero-order chi connectivity index (χ0) is 21.6. The maximum atomic E-state index is 13.2. The van der Waals surface area contributed by atoms with Crippen molar-refractivity contribution in [3.8, 4) is 11.1 Å². The Morgan fingerprint density at radius 1 is 0.933 bits per heavy atom. The van der Waals surface area contributed by atoms with Gasteiger partial charge in [-0.05, 0) is 22.3 Å². The molecule has 3 aromatic carbocycles. The van der Waals surface area contributed by atoms with E-state index in [1.807, 2.05) is 72.8 Å². The van der Waals surface area contributed by atoms with Crippen LogP contribution in [0.1, 0.15) is 21.5 Å². The highest BCUT2D eigenvalue weighted by atomic mass is 32.2. The summed E-state index contributed by atoms with van der Waals surface area (Å²) in [4.78, 5) is 13.2. The third-order valence-electron chi connectivity index (χ3n) is 4.42. The summed E-state index contributed by atoms with van der Waals surface area (Å²) in [6, 6.07) is 24.7. The summed E-state index contributed by atoms with van der Waals surface area (Å²) >= 11 is 0. The van der Waals surface area contributed by atoms with E-state index in [0.717, 1.165) is 22.9 Å². The second-order valence-corrected chi connectivity index (χ2v) is 8.45. The molecule has 1 amide bonds. The number of hydrogen-bond acceptors (Lipinski definition) is 4. The van der Waals surface area contributed by atoms with E-state index >= 15 is 0 Å². The van der Waals surface area contributed by atoms with Gasteiger partial charge in [-0.2, -0.15) is 8.42 Å². The molecule has 154 valence electrons. The summed E-state index contributed by atoms with van der Waals surface area (Å²) in [7, 11) is -3.69. The lowest BCUT2D eigenvalue weighted by Gasteiger charge is -2.16. The van der Waals surface area contributed by atoms with Gasteiger partial charge in [0.2, 0.25) is 0 Å². The fourth-order valence-corrected chi connectivity index (χ4v) is 3.68. The van der Waals surface area contributed by atoms with Gasteiger partial charge in [-0.3, -0.25) is 4.79 Å². The van der Waals surface area contributed by atoms with E-state index in [2.05, 4.69) is 11.9 Å². The van der Waals surface area contributed by atoms with Crippen LogP contribution in [-0.2, 0) is 27.3 Å². The first-order chi connectivity index (χ1) is 14.3. The van der Waals surface area contributed by atoms with Crippen LogP contribution in [0, 0.1) is 0 Å². The average Bonchev–Trinajstić information content (AvgIpc) is 2.72. The lowest BCUT2D eigenvalue weighted by molar-refractivity contribution is 0.0950. The second-order valence-electron chi connectivity index (χ2n) is 6.88. The van der Waals surface area contributed by atoms with Gasteiger partial charge in [0.15, 0.2) is 0 Å². The van der Waals surface area contributed by atoms with Crippen LogP contribution in [0.15, 0.2) is 91.2 Å². The van der Waals surface area contributed by atoms with Gasteiger partial charge in [0.25, 0.3) is 5.91 Å². The Hall–Kier alpha value is -3.38. The Balaban J connectivity index is 1.96. The normalized spacial score (nSPS) is 11.0. The van der Waals surface area contributed by atoms with Crippen molar-refractivity contribution in [1.82, 2.24) is 5.32 Å². The molecule has 6 heteroatoms. The molecule has 3 aromatic rings. The van der Waals surface area contributed by atoms with Crippen LogP contribution in [0.4, 0.5) is 0 Å². The predicted octanol–water partition coefficient (Wildman–Crippen LogP) is 4.32. The van der Waals surface area contributed by atoms with Crippen molar-refractivity contribution in [1.29, 1.82) is 0 Å². The summed E-state index contributed by atoms with van der Waals surface area (Å²) in [5.41, 5.74) is 3.73. The molecule has 0 saturated carbocycles. The molecule has 0 atom stereocenters. The van der Waals surface area contributed by atoms with Gasteiger partial charge in [-0.1, -0.05) is 85.4 Å². The number of rotatable bonds is 8. The number of carbonyl (C=O) groups excluding carboxylic acids is 1. The lowest BCUT2D eigenvalue weighted by atomic mass is 9.93. The Labute approximate surface area is 177 Å². The minimum Gasteiger partial charge on any atom is -0.387 e. The summed E-state index contributed by atoms with van der Waals surface area (Å²) in [5, 5.41) is 2.96. The molecule has 0 radical (unpaired) electrons. The van der Waals surface area contributed by atoms with Crippen LogP contribution in [0.3, 0.4) is 0 Å². The van der Waals surface area contributed by atoms with E-state index < -0.39 is 10.1 Å². The Kier molecular flexibility index (Phi) is 6.69. The van der Waals surface area contributed by atoms with E-state index in [-0.39, 0.29) is 18.1 Å². The number of carbonyl (C=O) groups is 1. The number of amides is 1. The predicted molar refractivity (Wildman–Crippen MR) is 118 cm³/mol. The zero-order valence-electron chi connectivity index (χ0n) is 16.7. The van der Waals surface area contributed by atoms with Gasteiger partial charge < -0.3 is 9.50 Å². The van der Waals surface area contributed by atoms with Crippen molar-refractivity contribution >= 4 is 16.0 Å². The maximum absolute atomic E-state index is 13.2. The number of nitrogens with one attached hydrogen (secondary N) is 1. The first-order valence-electron chi connectivity index (χ1n) is 9.40. The molecule has 1 N–H and O–H groups in total. The summed E-state index contributed by atoms with van der Waals surface area (Å²) in [6.45, 7) is 4.08. The average molecular weight is 422 g/mol. The smallest absolute Gasteiger partial charge is 0.305 e. The molecular formula is C24H23NO4S. The standard InChI is InChI=1S/C24H23NO4S/c1-18(29-30(2,27)28)16-21-14-9-15-22(20-12-7-4-8-13-20)23(21)24(26)25-17-19-10-5-3-6-11-19/h3-15H,1,16-17H2,2H3,(H,25,26). The molecule has 0 unspecified atom stereocenters. The van der Waals surface area contributed by atoms with Crippen molar-refractivity contribution in [2.75, 3.05) is 6.26 Å². The lowest BCUT2D eigenvalue weighted by Crippen LogP contribution is -2.25. The molecular weight excluding hydrogens is 398 g/mol. The van der Waals surface area contributed by atoms with E-state index in [1.165, 1.54) is 0 Å². The van der Waals surface area contributed by atoms with Crippen LogP contribution >= 0.6 is 0 Å². The van der Waals surface area contributed by atoms with Gasteiger partial charge in [-0.25, -0.2) is 0 Å². The molecule has 0 fully saturated rings. The van der Waals surface area contributed by atoms with Crippen molar-refractivity contribution in [3.63, 3.8) is 0 Å². The Morgan fingerprint density at radius 2 is 1.57 bits per heavy atom. The maximum Gasteiger partial charge on any atom is 0.305 e. The number of benzene rings is 3. The monoisotopic (exact) mass is 421 g/mol. The van der Waals surface area contributed by atoms with E-state index in [4.69, 9.17) is 4.18 Å². The number of hydrogen-bond donors (Lipinski definition) is 1. The van der Waals surface area contributed by atoms with Crippen molar-refractivity contribution in [3.05, 3.63) is 108 Å². The largest absolute Gasteiger partial charge is 0.387 e. The van der Waals surface area contributed by atoms with Crippen molar-refractivity contribution in [2.24, 2.45) is 0 Å².